The molecule has 2 N–H and O–H groups in total. The Kier molecular flexibility index (Phi) is 9.44. The van der Waals surface area contributed by atoms with Crippen molar-refractivity contribution in [3.8, 4) is 11.8 Å². The van der Waals surface area contributed by atoms with Gasteiger partial charge in [0.25, 0.3) is 0 Å². The van der Waals surface area contributed by atoms with Gasteiger partial charge in [0.2, 0.25) is 0 Å². The van der Waals surface area contributed by atoms with Gasteiger partial charge < -0.3 is 14.9 Å². The van der Waals surface area contributed by atoms with Crippen LogP contribution >= 0.6 is 0 Å². The molecule has 0 aromatic rings. The molecule has 0 saturated carbocycles. The van der Waals surface area contributed by atoms with Crippen LogP contribution in [0.2, 0.25) is 0 Å². The van der Waals surface area contributed by atoms with Crippen molar-refractivity contribution in [1.82, 2.24) is 0 Å². The number of ether oxygens (including phenoxy) is 1. The van der Waals surface area contributed by atoms with Crippen LogP contribution in [0.15, 0.2) is 23.3 Å². The molecule has 2 unspecified atom stereocenters. The molecule has 0 aliphatic rings. The van der Waals surface area contributed by atoms with Gasteiger partial charge in [-0.2, -0.15) is 0 Å². The van der Waals surface area contributed by atoms with Crippen LogP contribution < -0.4 is 0 Å². The minimum absolute atomic E-state index is 0.287. The third-order valence-corrected chi connectivity index (χ3v) is 2.58. The highest BCUT2D eigenvalue weighted by Crippen LogP contribution is 2.09. The first-order valence-electron chi connectivity index (χ1n) is 6.65. The largest absolute Gasteiger partial charge is 0.462 e. The Morgan fingerprint density at radius 2 is 1.85 bits per heavy atom. The topological polar surface area (TPSA) is 66.8 Å². The molecule has 20 heavy (non-hydrogen) atoms. The Hall–Kier alpha value is -1.57. The van der Waals surface area contributed by atoms with E-state index in [2.05, 4.69) is 11.8 Å². The first-order chi connectivity index (χ1) is 9.32. The number of esters is 1. The summed E-state index contributed by atoms with van der Waals surface area (Å²) in [6.07, 6.45) is 3.83. The van der Waals surface area contributed by atoms with Crippen LogP contribution in [0.1, 0.15) is 40.5 Å². The van der Waals surface area contributed by atoms with Crippen molar-refractivity contribution >= 4 is 5.97 Å². The Bertz CT molecular complexity index is 421. The van der Waals surface area contributed by atoms with Crippen molar-refractivity contribution in [2.75, 3.05) is 6.61 Å². The summed E-state index contributed by atoms with van der Waals surface area (Å²) in [7, 11) is 0. The molecule has 0 heterocycles. The number of carbonyl (C=O) groups is 1. The summed E-state index contributed by atoms with van der Waals surface area (Å²) in [5.41, 5.74) is 1.89. The molecule has 0 aliphatic carbocycles. The first-order valence-corrected chi connectivity index (χ1v) is 6.65. The van der Waals surface area contributed by atoms with Crippen LogP contribution in [0.3, 0.4) is 0 Å². The van der Waals surface area contributed by atoms with Gasteiger partial charge in [-0.15, -0.1) is 0 Å². The number of hydrogen-bond acceptors (Lipinski definition) is 4. The maximum absolute atomic E-state index is 10.6. The van der Waals surface area contributed by atoms with Crippen LogP contribution in [-0.4, -0.2) is 35.0 Å². The quantitative estimate of drug-likeness (QED) is 0.443. The number of aliphatic hydroxyl groups is 2. The molecule has 0 fully saturated rings. The molecule has 0 bridgehead atoms. The monoisotopic (exact) mass is 280 g/mol. The van der Waals surface area contributed by atoms with E-state index in [0.29, 0.717) is 6.61 Å². The fourth-order valence-corrected chi connectivity index (χ4v) is 1.36. The Morgan fingerprint density at radius 3 is 2.40 bits per heavy atom. The van der Waals surface area contributed by atoms with E-state index in [1.165, 1.54) is 6.92 Å². The molecule has 0 radical (unpaired) electrons. The number of aliphatic hydroxyl groups excluding tert-OH is 2. The van der Waals surface area contributed by atoms with Gasteiger partial charge in [-0.05, 0) is 45.3 Å². The van der Waals surface area contributed by atoms with Crippen LogP contribution in [0.25, 0.3) is 0 Å². The molecule has 4 heteroatoms. The molecule has 2 atom stereocenters. The fourth-order valence-electron chi connectivity index (χ4n) is 1.36. The van der Waals surface area contributed by atoms with E-state index in [1.807, 2.05) is 19.1 Å². The average molecular weight is 280 g/mol. The molecule has 0 saturated heterocycles. The number of allylic oxidation sites excluding steroid dienone is 2. The fraction of sp³-hybridized carbons (Fsp3) is 0.562. The molecule has 0 spiro atoms. The standard InChI is InChI=1S/C16H24O4/c1-12(10-11-20-15(4)18)6-5-7-13(2)16(19)9-8-14(3)17/h7,10,14,16-17,19H,5-6,11H2,1-4H3/b12-10+,13-7+. The lowest BCUT2D eigenvalue weighted by Gasteiger charge is -2.05. The van der Waals surface area contributed by atoms with Gasteiger partial charge in [0, 0.05) is 6.92 Å². The third-order valence-electron chi connectivity index (χ3n) is 2.58. The van der Waals surface area contributed by atoms with Gasteiger partial charge in [-0.3, -0.25) is 4.79 Å². The van der Waals surface area contributed by atoms with Gasteiger partial charge in [0.15, 0.2) is 0 Å². The van der Waals surface area contributed by atoms with Crippen LogP contribution in [-0.2, 0) is 9.53 Å². The minimum atomic E-state index is -0.838. The highest BCUT2D eigenvalue weighted by Gasteiger charge is 2.01. The summed E-state index contributed by atoms with van der Waals surface area (Å²) in [5.74, 6) is 4.81. The smallest absolute Gasteiger partial charge is 0.302 e. The van der Waals surface area contributed by atoms with Crippen molar-refractivity contribution in [1.29, 1.82) is 0 Å². The lowest BCUT2D eigenvalue weighted by molar-refractivity contribution is -0.139. The number of rotatable bonds is 6. The Morgan fingerprint density at radius 1 is 1.20 bits per heavy atom. The SMILES string of the molecule is CC(=O)OC/C=C(\C)CC/C=C(\C)C(O)C#CC(C)O. The highest BCUT2D eigenvalue weighted by molar-refractivity contribution is 5.66. The van der Waals surface area contributed by atoms with Crippen molar-refractivity contribution in [3.63, 3.8) is 0 Å². The summed E-state index contributed by atoms with van der Waals surface area (Å²) >= 11 is 0. The average Bonchev–Trinajstić information content (AvgIpc) is 2.35. The molecule has 112 valence electrons. The van der Waals surface area contributed by atoms with Crippen molar-refractivity contribution in [3.05, 3.63) is 23.3 Å². The zero-order chi connectivity index (χ0) is 15.5. The maximum Gasteiger partial charge on any atom is 0.302 e. The summed E-state index contributed by atoms with van der Waals surface area (Å²) in [6, 6.07) is 0. The second kappa shape index (κ2) is 10.2. The maximum atomic E-state index is 10.6. The van der Waals surface area contributed by atoms with Gasteiger partial charge in [0.1, 0.15) is 18.8 Å². The van der Waals surface area contributed by atoms with Crippen molar-refractivity contribution < 1.29 is 19.7 Å². The predicted octanol–water partition coefficient (Wildman–Crippen LogP) is 1.97. The summed E-state index contributed by atoms with van der Waals surface area (Å²) < 4.78 is 4.82. The zero-order valence-corrected chi connectivity index (χ0v) is 12.6. The minimum Gasteiger partial charge on any atom is -0.462 e. The summed E-state index contributed by atoms with van der Waals surface area (Å²) in [6.45, 7) is 7.00. The van der Waals surface area contributed by atoms with Crippen LogP contribution in [0.4, 0.5) is 0 Å². The number of carbonyl (C=O) groups excluding carboxylic acids is 1. The van der Waals surface area contributed by atoms with E-state index in [9.17, 15) is 9.90 Å². The summed E-state index contributed by atoms with van der Waals surface area (Å²) in [4.78, 5) is 10.6. The molecule has 0 amide bonds. The van der Waals surface area contributed by atoms with Crippen molar-refractivity contribution in [2.24, 2.45) is 0 Å². The van der Waals surface area contributed by atoms with E-state index in [0.717, 1.165) is 24.0 Å². The molecular formula is C16H24O4. The molecule has 0 aliphatic heterocycles. The lowest BCUT2D eigenvalue weighted by Crippen LogP contribution is -2.06. The zero-order valence-electron chi connectivity index (χ0n) is 12.6. The van der Waals surface area contributed by atoms with Gasteiger partial charge in [0.05, 0.1) is 0 Å². The molecule has 0 aromatic carbocycles. The van der Waals surface area contributed by atoms with Gasteiger partial charge >= 0.3 is 5.97 Å². The second-order valence-corrected chi connectivity index (χ2v) is 4.71. The second-order valence-electron chi connectivity index (χ2n) is 4.71. The Balaban J connectivity index is 4.17. The Labute approximate surface area is 121 Å². The van der Waals surface area contributed by atoms with Crippen LogP contribution in [0, 0.1) is 11.8 Å². The first kappa shape index (κ1) is 18.4. The van der Waals surface area contributed by atoms with Crippen molar-refractivity contribution in [2.45, 2.75) is 52.7 Å². The summed E-state index contributed by atoms with van der Waals surface area (Å²) in [5, 5.41) is 18.7. The van der Waals surface area contributed by atoms with Gasteiger partial charge in [-0.25, -0.2) is 0 Å². The highest BCUT2D eigenvalue weighted by atomic mass is 16.5. The lowest BCUT2D eigenvalue weighted by atomic mass is 10.1. The molecule has 0 aromatic heterocycles. The third kappa shape index (κ3) is 10.4. The molecular weight excluding hydrogens is 256 g/mol. The van der Waals surface area contributed by atoms with E-state index in [-0.39, 0.29) is 5.97 Å². The normalized spacial score (nSPS) is 15.1. The van der Waals surface area contributed by atoms with Gasteiger partial charge in [-0.1, -0.05) is 23.5 Å². The number of hydrogen-bond donors (Lipinski definition) is 2. The molecule has 4 nitrogen and oxygen atoms in total. The van der Waals surface area contributed by atoms with E-state index < -0.39 is 12.2 Å². The van der Waals surface area contributed by atoms with Crippen LogP contribution in [0.5, 0.6) is 0 Å². The van der Waals surface area contributed by atoms with E-state index in [1.54, 1.807) is 13.8 Å². The molecule has 0 rings (SSSR count). The van der Waals surface area contributed by atoms with E-state index >= 15 is 0 Å². The predicted molar refractivity (Wildman–Crippen MR) is 78.8 cm³/mol. The van der Waals surface area contributed by atoms with E-state index in [4.69, 9.17) is 9.84 Å².